The maximum absolute atomic E-state index is 10.7. The molecule has 0 radical (unpaired) electrons. The maximum Gasteiger partial charge on any atom is 0.325 e. The second-order valence-corrected chi connectivity index (χ2v) is 5.04. The molecule has 2 heterocycles. The number of carboxylic acid groups (broad SMARTS) is 1. The zero-order chi connectivity index (χ0) is 13.8. The van der Waals surface area contributed by atoms with Gasteiger partial charge in [-0.1, -0.05) is 13.8 Å². The van der Waals surface area contributed by atoms with Crippen molar-refractivity contribution in [3.05, 3.63) is 18.1 Å². The fraction of sp³-hybridized carbons (Fsp3) is 0.400. The average molecular weight is 280 g/mol. The van der Waals surface area contributed by atoms with Crippen LogP contribution < -0.4 is 0 Å². The van der Waals surface area contributed by atoms with Gasteiger partial charge in [-0.2, -0.15) is 0 Å². The second-order valence-electron chi connectivity index (χ2n) is 4.05. The molecule has 8 nitrogen and oxygen atoms in total. The summed E-state index contributed by atoms with van der Waals surface area (Å²) in [5.74, 6) is -0.711. The molecule has 2 rings (SSSR count). The Balaban J connectivity index is 2.19. The Morgan fingerprint density at radius 3 is 2.95 bits per heavy atom. The number of rotatable bonds is 5. The fourth-order valence-electron chi connectivity index (χ4n) is 1.32. The van der Waals surface area contributed by atoms with Gasteiger partial charge in [0, 0.05) is 5.69 Å². The molecule has 0 aliphatic rings. The first kappa shape index (κ1) is 13.4. The van der Waals surface area contributed by atoms with Gasteiger partial charge in [0.2, 0.25) is 5.16 Å². The molecule has 0 bridgehead atoms. The third kappa shape index (κ3) is 3.47. The van der Waals surface area contributed by atoms with Crippen molar-refractivity contribution in [1.29, 1.82) is 0 Å². The van der Waals surface area contributed by atoms with Gasteiger partial charge in [-0.25, -0.2) is 14.6 Å². The van der Waals surface area contributed by atoms with Crippen molar-refractivity contribution in [3.8, 4) is 0 Å². The van der Waals surface area contributed by atoms with Crippen LogP contribution in [0.4, 0.5) is 0 Å². The van der Waals surface area contributed by atoms with Gasteiger partial charge in [0.15, 0.2) is 0 Å². The smallest absolute Gasteiger partial charge is 0.325 e. The second kappa shape index (κ2) is 5.74. The summed E-state index contributed by atoms with van der Waals surface area (Å²) in [5.41, 5.74) is 0.912. The summed E-state index contributed by atoms with van der Waals surface area (Å²) in [6, 6.07) is 1.84. The number of hydrogen-bond donors (Lipinski definition) is 1. The van der Waals surface area contributed by atoms with E-state index in [1.54, 1.807) is 0 Å². The summed E-state index contributed by atoms with van der Waals surface area (Å²) in [5, 5.41) is 20.7. The molecule has 0 atom stereocenters. The first-order valence-electron chi connectivity index (χ1n) is 5.54. The van der Waals surface area contributed by atoms with Crippen molar-refractivity contribution in [2.45, 2.75) is 36.5 Å². The molecule has 0 saturated carbocycles. The lowest BCUT2D eigenvalue weighted by Crippen LogP contribution is -2.11. The minimum atomic E-state index is -1.00. The Hall–Kier alpha value is -2.03. The van der Waals surface area contributed by atoms with Crippen LogP contribution in [0.5, 0.6) is 0 Å². The molecule has 19 heavy (non-hydrogen) atoms. The van der Waals surface area contributed by atoms with Crippen LogP contribution in [-0.4, -0.2) is 41.3 Å². The molecule has 9 heteroatoms. The van der Waals surface area contributed by atoms with Crippen molar-refractivity contribution in [1.82, 2.24) is 30.2 Å². The van der Waals surface area contributed by atoms with E-state index in [9.17, 15) is 4.79 Å². The monoisotopic (exact) mass is 280 g/mol. The van der Waals surface area contributed by atoms with Gasteiger partial charge in [0.1, 0.15) is 17.9 Å². The molecule has 0 saturated heterocycles. The van der Waals surface area contributed by atoms with Crippen molar-refractivity contribution < 1.29 is 9.90 Å². The van der Waals surface area contributed by atoms with Crippen LogP contribution in [0.1, 0.15) is 25.5 Å². The van der Waals surface area contributed by atoms with E-state index in [2.05, 4.69) is 25.5 Å². The molecule has 0 fully saturated rings. The van der Waals surface area contributed by atoms with E-state index in [4.69, 9.17) is 5.11 Å². The molecular formula is C10H12N6O2S. The lowest BCUT2D eigenvalue weighted by atomic mass is 10.1. The van der Waals surface area contributed by atoms with Gasteiger partial charge < -0.3 is 5.11 Å². The normalized spacial score (nSPS) is 10.9. The highest BCUT2D eigenvalue weighted by Gasteiger charge is 2.12. The molecule has 0 aliphatic heterocycles. The predicted molar refractivity (Wildman–Crippen MR) is 65.7 cm³/mol. The molecule has 0 aliphatic carbocycles. The van der Waals surface area contributed by atoms with Gasteiger partial charge in [-0.05, 0) is 34.2 Å². The van der Waals surface area contributed by atoms with Crippen molar-refractivity contribution in [2.24, 2.45) is 0 Å². The average Bonchev–Trinajstić information content (AvgIpc) is 2.76. The summed E-state index contributed by atoms with van der Waals surface area (Å²) >= 11 is 1.21. The van der Waals surface area contributed by atoms with E-state index in [0.29, 0.717) is 10.2 Å². The summed E-state index contributed by atoms with van der Waals surface area (Å²) < 4.78 is 1.21. The third-order valence-electron chi connectivity index (χ3n) is 2.23. The number of hydrogen-bond acceptors (Lipinski definition) is 7. The molecule has 100 valence electrons. The minimum Gasteiger partial charge on any atom is -0.480 e. The van der Waals surface area contributed by atoms with Crippen molar-refractivity contribution in [3.63, 3.8) is 0 Å². The number of aromatic nitrogens is 6. The lowest BCUT2D eigenvalue weighted by molar-refractivity contribution is -0.138. The van der Waals surface area contributed by atoms with Gasteiger partial charge in [-0.3, -0.25) is 4.79 Å². The number of aliphatic carboxylic acids is 1. The van der Waals surface area contributed by atoms with Crippen LogP contribution in [0.15, 0.2) is 22.6 Å². The topological polar surface area (TPSA) is 107 Å². The Morgan fingerprint density at radius 2 is 2.26 bits per heavy atom. The molecular weight excluding hydrogens is 268 g/mol. The molecule has 0 amide bonds. The first-order valence-corrected chi connectivity index (χ1v) is 6.35. The third-order valence-corrected chi connectivity index (χ3v) is 3.14. The van der Waals surface area contributed by atoms with Crippen molar-refractivity contribution in [2.75, 3.05) is 0 Å². The van der Waals surface area contributed by atoms with Crippen LogP contribution in [0.3, 0.4) is 0 Å². The van der Waals surface area contributed by atoms with Crippen LogP contribution in [0, 0.1) is 0 Å². The highest BCUT2D eigenvalue weighted by molar-refractivity contribution is 7.99. The van der Waals surface area contributed by atoms with Gasteiger partial charge in [0.05, 0.1) is 0 Å². The number of carbonyl (C=O) groups is 1. The largest absolute Gasteiger partial charge is 0.480 e. The Labute approximate surface area is 113 Å². The Morgan fingerprint density at radius 1 is 1.47 bits per heavy atom. The summed E-state index contributed by atoms with van der Waals surface area (Å²) in [4.78, 5) is 18.9. The fourth-order valence-corrected chi connectivity index (χ4v) is 2.07. The number of carboxylic acids is 1. The van der Waals surface area contributed by atoms with E-state index in [1.165, 1.54) is 22.8 Å². The number of nitrogens with zero attached hydrogens (tertiary/aromatic N) is 6. The van der Waals surface area contributed by atoms with Crippen LogP contribution in [-0.2, 0) is 11.3 Å². The predicted octanol–water partition coefficient (Wildman–Crippen LogP) is 0.822. The highest BCUT2D eigenvalue weighted by Crippen LogP contribution is 2.24. The van der Waals surface area contributed by atoms with Gasteiger partial charge >= 0.3 is 5.97 Å². The first-order chi connectivity index (χ1) is 9.06. The highest BCUT2D eigenvalue weighted by atomic mass is 32.2. The molecule has 1 N–H and O–H groups in total. The van der Waals surface area contributed by atoms with E-state index in [1.807, 2.05) is 19.9 Å². The van der Waals surface area contributed by atoms with Crippen LogP contribution in [0.2, 0.25) is 0 Å². The zero-order valence-corrected chi connectivity index (χ0v) is 11.2. The standard InChI is InChI=1S/C10H12N6O2S/c1-6(2)7-3-8(12-5-11-7)19-10-13-14-15-16(10)4-9(17)18/h3,5-6H,4H2,1-2H3,(H,17,18). The van der Waals surface area contributed by atoms with Crippen LogP contribution in [0.25, 0.3) is 0 Å². The quantitative estimate of drug-likeness (QED) is 0.802. The zero-order valence-electron chi connectivity index (χ0n) is 10.4. The minimum absolute atomic E-state index is 0.280. The molecule has 0 spiro atoms. The molecule has 0 unspecified atom stereocenters. The maximum atomic E-state index is 10.7. The SMILES string of the molecule is CC(C)c1cc(Sc2nnnn2CC(=O)O)ncn1. The summed E-state index contributed by atoms with van der Waals surface area (Å²) in [7, 11) is 0. The molecule has 2 aromatic heterocycles. The van der Waals surface area contributed by atoms with Crippen molar-refractivity contribution >= 4 is 17.7 Å². The van der Waals surface area contributed by atoms with Gasteiger partial charge in [-0.15, -0.1) is 5.10 Å². The molecule has 2 aromatic rings. The summed E-state index contributed by atoms with van der Waals surface area (Å²) in [6.07, 6.45) is 1.48. The van der Waals surface area contributed by atoms with E-state index >= 15 is 0 Å². The Bertz CT molecular complexity index is 585. The Kier molecular flexibility index (Phi) is 4.05. The lowest BCUT2D eigenvalue weighted by Gasteiger charge is -2.05. The number of tetrazole rings is 1. The van der Waals surface area contributed by atoms with E-state index in [-0.39, 0.29) is 12.5 Å². The van der Waals surface area contributed by atoms with E-state index in [0.717, 1.165) is 5.69 Å². The molecule has 0 aromatic carbocycles. The van der Waals surface area contributed by atoms with E-state index < -0.39 is 5.97 Å². The van der Waals surface area contributed by atoms with Crippen LogP contribution >= 0.6 is 11.8 Å². The van der Waals surface area contributed by atoms with Gasteiger partial charge in [0.25, 0.3) is 0 Å². The summed E-state index contributed by atoms with van der Waals surface area (Å²) in [6.45, 7) is 3.79.